The van der Waals surface area contributed by atoms with Crippen LogP contribution in [0.5, 0.6) is 0 Å². The molecular weight excluding hydrogens is 378 g/mol. The summed E-state index contributed by atoms with van der Waals surface area (Å²) in [6, 6.07) is 7.41. The first kappa shape index (κ1) is 19.7. The smallest absolute Gasteiger partial charge is 0.309 e. The van der Waals surface area contributed by atoms with E-state index in [9.17, 15) is 19.7 Å². The molecule has 1 aromatic carbocycles. The summed E-state index contributed by atoms with van der Waals surface area (Å²) in [6.07, 6.45) is 2.90. The number of rotatable bonds is 6. The van der Waals surface area contributed by atoms with E-state index in [2.05, 4.69) is 20.8 Å². The second-order valence-corrected chi connectivity index (χ2v) is 6.41. The molecule has 3 aromatic rings. The number of nitrogens with one attached hydrogen (secondary N) is 2. The first-order chi connectivity index (χ1) is 13.7. The summed E-state index contributed by atoms with van der Waals surface area (Å²) in [7, 11) is 1.72. The number of benzene rings is 1. The van der Waals surface area contributed by atoms with Gasteiger partial charge in [-0.05, 0) is 44.2 Å². The Kier molecular flexibility index (Phi) is 5.39. The average Bonchev–Trinajstić information content (AvgIpc) is 3.28. The van der Waals surface area contributed by atoms with Crippen LogP contribution in [0.4, 0.5) is 17.1 Å². The van der Waals surface area contributed by atoms with E-state index in [1.54, 1.807) is 50.5 Å². The van der Waals surface area contributed by atoms with Gasteiger partial charge in [0.1, 0.15) is 17.9 Å². The molecule has 11 heteroatoms. The minimum atomic E-state index is -0.745. The van der Waals surface area contributed by atoms with Crippen molar-refractivity contribution in [3.05, 3.63) is 64.2 Å². The Bertz CT molecular complexity index is 1070. The Balaban J connectivity index is 1.63. The molecule has 2 N–H and O–H groups in total. The average molecular weight is 397 g/mol. The summed E-state index contributed by atoms with van der Waals surface area (Å²) in [5.41, 5.74) is 1.45. The molecule has 0 saturated carbocycles. The molecule has 0 aliphatic carbocycles. The number of hydrogen-bond acceptors (Lipinski definition) is 6. The lowest BCUT2D eigenvalue weighted by Crippen LogP contribution is -2.24. The molecule has 0 fully saturated rings. The minimum Gasteiger partial charge on any atom is -0.324 e. The van der Waals surface area contributed by atoms with Gasteiger partial charge in [-0.25, -0.2) is 0 Å². The number of anilines is 2. The maximum absolute atomic E-state index is 12.4. The molecule has 2 aromatic heterocycles. The molecule has 0 saturated heterocycles. The molecule has 150 valence electrons. The zero-order valence-corrected chi connectivity index (χ0v) is 16.0. The lowest BCUT2D eigenvalue weighted by Gasteiger charge is -2.13. The SMILES string of the molecule is Cc1nn(C(C)C(=O)Nc2ccc(NC(=O)c3ccn(C)n3)cc2)cc1[N+](=O)[O-]. The molecular formula is C18H19N7O4. The second kappa shape index (κ2) is 7.92. The largest absolute Gasteiger partial charge is 0.324 e. The quantitative estimate of drug-likeness (QED) is 0.484. The van der Waals surface area contributed by atoms with Crippen LogP contribution in [-0.2, 0) is 11.8 Å². The van der Waals surface area contributed by atoms with Crippen molar-refractivity contribution in [3.63, 3.8) is 0 Å². The van der Waals surface area contributed by atoms with E-state index < -0.39 is 11.0 Å². The van der Waals surface area contributed by atoms with Crippen molar-refractivity contribution in [1.82, 2.24) is 19.6 Å². The summed E-state index contributed by atoms with van der Waals surface area (Å²) in [6.45, 7) is 3.10. The van der Waals surface area contributed by atoms with Crippen LogP contribution < -0.4 is 10.6 Å². The van der Waals surface area contributed by atoms with Gasteiger partial charge in [0, 0.05) is 24.6 Å². The van der Waals surface area contributed by atoms with Gasteiger partial charge in [-0.2, -0.15) is 10.2 Å². The van der Waals surface area contributed by atoms with E-state index in [1.165, 1.54) is 22.5 Å². The van der Waals surface area contributed by atoms with Crippen LogP contribution in [0.25, 0.3) is 0 Å². The van der Waals surface area contributed by atoms with Gasteiger partial charge in [0.05, 0.1) is 4.92 Å². The molecule has 1 unspecified atom stereocenters. The lowest BCUT2D eigenvalue weighted by atomic mass is 10.2. The molecule has 0 bridgehead atoms. The van der Waals surface area contributed by atoms with Gasteiger partial charge in [-0.15, -0.1) is 0 Å². The van der Waals surface area contributed by atoms with E-state index in [0.29, 0.717) is 17.1 Å². The van der Waals surface area contributed by atoms with Crippen LogP contribution in [0.2, 0.25) is 0 Å². The zero-order valence-electron chi connectivity index (χ0n) is 16.0. The monoisotopic (exact) mass is 397 g/mol. The number of aryl methyl sites for hydroxylation is 2. The van der Waals surface area contributed by atoms with Crippen LogP contribution in [0.3, 0.4) is 0 Å². The molecule has 29 heavy (non-hydrogen) atoms. The fourth-order valence-electron chi connectivity index (χ4n) is 2.58. The number of carbonyl (C=O) groups is 2. The maximum Gasteiger partial charge on any atom is 0.309 e. The van der Waals surface area contributed by atoms with E-state index in [4.69, 9.17) is 0 Å². The predicted octanol–water partition coefficient (Wildman–Crippen LogP) is 2.29. The summed E-state index contributed by atoms with van der Waals surface area (Å²) in [5.74, 6) is -0.723. The van der Waals surface area contributed by atoms with Crippen molar-refractivity contribution >= 4 is 28.9 Å². The third-order valence-electron chi connectivity index (χ3n) is 4.22. The lowest BCUT2D eigenvalue weighted by molar-refractivity contribution is -0.385. The Morgan fingerprint density at radius 1 is 1.10 bits per heavy atom. The summed E-state index contributed by atoms with van der Waals surface area (Å²) in [4.78, 5) is 34.9. The highest BCUT2D eigenvalue weighted by Gasteiger charge is 2.22. The van der Waals surface area contributed by atoms with Gasteiger partial charge >= 0.3 is 5.69 Å². The van der Waals surface area contributed by atoms with Crippen molar-refractivity contribution in [3.8, 4) is 0 Å². The fraction of sp³-hybridized carbons (Fsp3) is 0.222. The standard InChI is InChI=1S/C18H19N7O4/c1-11-16(25(28)29)10-24(21-11)12(2)17(26)19-13-4-6-14(7-5-13)20-18(27)15-8-9-23(3)22-15/h4-10,12H,1-3H3,(H,19,26)(H,20,27). The highest BCUT2D eigenvalue weighted by Crippen LogP contribution is 2.20. The molecule has 2 heterocycles. The first-order valence-electron chi connectivity index (χ1n) is 8.66. The Labute approximate surface area is 165 Å². The molecule has 2 amide bonds. The number of hydrogen-bond donors (Lipinski definition) is 2. The van der Waals surface area contributed by atoms with Gasteiger partial charge in [0.25, 0.3) is 5.91 Å². The van der Waals surface area contributed by atoms with E-state index in [-0.39, 0.29) is 23.2 Å². The van der Waals surface area contributed by atoms with Crippen molar-refractivity contribution < 1.29 is 14.5 Å². The van der Waals surface area contributed by atoms with Crippen LogP contribution in [0, 0.1) is 17.0 Å². The van der Waals surface area contributed by atoms with E-state index in [1.807, 2.05) is 0 Å². The second-order valence-electron chi connectivity index (χ2n) is 6.41. The molecule has 0 aliphatic rings. The van der Waals surface area contributed by atoms with Gasteiger partial charge in [-0.3, -0.25) is 29.1 Å². The Morgan fingerprint density at radius 2 is 1.72 bits per heavy atom. The van der Waals surface area contributed by atoms with Crippen LogP contribution in [0.15, 0.2) is 42.7 Å². The van der Waals surface area contributed by atoms with E-state index >= 15 is 0 Å². The van der Waals surface area contributed by atoms with Crippen LogP contribution >= 0.6 is 0 Å². The van der Waals surface area contributed by atoms with Gasteiger partial charge in [-0.1, -0.05) is 0 Å². The fourth-order valence-corrected chi connectivity index (χ4v) is 2.58. The van der Waals surface area contributed by atoms with Crippen molar-refractivity contribution in [2.45, 2.75) is 19.9 Å². The highest BCUT2D eigenvalue weighted by molar-refractivity contribution is 6.03. The minimum absolute atomic E-state index is 0.141. The molecule has 0 aliphatic heterocycles. The third kappa shape index (κ3) is 4.46. The van der Waals surface area contributed by atoms with Crippen LogP contribution in [0.1, 0.15) is 29.1 Å². The molecule has 0 radical (unpaired) electrons. The Morgan fingerprint density at radius 3 is 2.24 bits per heavy atom. The maximum atomic E-state index is 12.4. The predicted molar refractivity (Wildman–Crippen MR) is 105 cm³/mol. The zero-order chi connectivity index (χ0) is 21.1. The number of nitro groups is 1. The molecule has 1 atom stereocenters. The van der Waals surface area contributed by atoms with Gasteiger partial charge in [0.15, 0.2) is 5.69 Å². The highest BCUT2D eigenvalue weighted by atomic mass is 16.6. The van der Waals surface area contributed by atoms with E-state index in [0.717, 1.165) is 0 Å². The first-order valence-corrected chi connectivity index (χ1v) is 8.66. The normalized spacial score (nSPS) is 11.7. The summed E-state index contributed by atoms with van der Waals surface area (Å²) >= 11 is 0. The number of amides is 2. The van der Waals surface area contributed by atoms with Crippen LogP contribution in [-0.4, -0.2) is 36.3 Å². The molecule has 0 spiro atoms. The van der Waals surface area contributed by atoms with Gasteiger partial charge in [0.2, 0.25) is 5.91 Å². The topological polar surface area (TPSA) is 137 Å². The molecule has 3 rings (SSSR count). The van der Waals surface area contributed by atoms with Crippen molar-refractivity contribution in [1.29, 1.82) is 0 Å². The van der Waals surface area contributed by atoms with Crippen molar-refractivity contribution in [2.24, 2.45) is 7.05 Å². The number of carbonyl (C=O) groups excluding carboxylic acids is 2. The third-order valence-corrected chi connectivity index (χ3v) is 4.22. The number of nitrogens with zero attached hydrogens (tertiary/aromatic N) is 5. The summed E-state index contributed by atoms with van der Waals surface area (Å²) in [5, 5.41) is 24.4. The van der Waals surface area contributed by atoms with Gasteiger partial charge < -0.3 is 10.6 Å². The Hall–Kier alpha value is -4.02. The summed E-state index contributed by atoms with van der Waals surface area (Å²) < 4.78 is 2.79. The van der Waals surface area contributed by atoms with Crippen molar-refractivity contribution in [2.75, 3.05) is 10.6 Å². The number of aromatic nitrogens is 4. The molecule has 11 nitrogen and oxygen atoms in total.